The molecule has 1 heterocycles. The van der Waals surface area contributed by atoms with Gasteiger partial charge in [0.15, 0.2) is 0 Å². The highest BCUT2D eigenvalue weighted by atomic mass is 16.2. The van der Waals surface area contributed by atoms with Crippen LogP contribution < -0.4 is 10.6 Å². The molecule has 1 saturated carbocycles. The van der Waals surface area contributed by atoms with Crippen LogP contribution in [0.3, 0.4) is 0 Å². The van der Waals surface area contributed by atoms with Crippen LogP contribution in [0, 0.1) is 5.92 Å². The summed E-state index contributed by atoms with van der Waals surface area (Å²) in [6, 6.07) is 0.0950. The van der Waals surface area contributed by atoms with Gasteiger partial charge in [-0.05, 0) is 18.9 Å². The minimum Gasteiger partial charge on any atom is -0.336 e. The van der Waals surface area contributed by atoms with Crippen molar-refractivity contribution in [3.8, 4) is 0 Å². The van der Waals surface area contributed by atoms with Gasteiger partial charge in [-0.2, -0.15) is 0 Å². The Labute approximate surface area is 97.8 Å². The van der Waals surface area contributed by atoms with E-state index in [2.05, 4.69) is 10.6 Å². The lowest BCUT2D eigenvalue weighted by Crippen LogP contribution is -2.35. The number of nitrogens with zero attached hydrogens (tertiary/aromatic N) is 1. The Morgan fingerprint density at radius 2 is 2.12 bits per heavy atom. The van der Waals surface area contributed by atoms with Gasteiger partial charge < -0.3 is 15.5 Å². The van der Waals surface area contributed by atoms with Gasteiger partial charge in [0.2, 0.25) is 0 Å². The van der Waals surface area contributed by atoms with Crippen LogP contribution in [0.1, 0.15) is 32.1 Å². The van der Waals surface area contributed by atoms with Crippen LogP contribution in [-0.2, 0) is 0 Å². The highest BCUT2D eigenvalue weighted by molar-refractivity contribution is 5.76. The number of amides is 2. The largest absolute Gasteiger partial charge is 0.336 e. The van der Waals surface area contributed by atoms with Crippen molar-refractivity contribution in [2.45, 2.75) is 32.1 Å². The molecule has 0 spiro atoms. The molecule has 0 radical (unpaired) electrons. The van der Waals surface area contributed by atoms with E-state index in [4.69, 9.17) is 0 Å². The molecule has 0 aromatic rings. The Kier molecular flexibility index (Phi) is 4.45. The first-order valence-corrected chi connectivity index (χ1v) is 6.60. The lowest BCUT2D eigenvalue weighted by molar-refractivity contribution is 0.217. The normalized spacial score (nSPS) is 21.8. The summed E-state index contributed by atoms with van der Waals surface area (Å²) in [4.78, 5) is 13.1. The molecular weight excluding hydrogens is 202 g/mol. The van der Waals surface area contributed by atoms with Crippen LogP contribution in [0.2, 0.25) is 0 Å². The summed E-state index contributed by atoms with van der Waals surface area (Å²) >= 11 is 0. The van der Waals surface area contributed by atoms with Crippen molar-refractivity contribution in [1.82, 2.24) is 15.5 Å². The standard InChI is InChI=1S/C12H23N3O/c16-12-14-8-10-15(12)9-7-13-6-5-11-3-1-2-4-11/h11,13H,1-10H2,(H,14,16). The van der Waals surface area contributed by atoms with E-state index in [1.54, 1.807) is 0 Å². The van der Waals surface area contributed by atoms with E-state index in [-0.39, 0.29) is 6.03 Å². The van der Waals surface area contributed by atoms with E-state index < -0.39 is 0 Å². The predicted octanol–water partition coefficient (Wildman–Crippen LogP) is 1.18. The molecule has 4 heteroatoms. The molecule has 92 valence electrons. The molecule has 16 heavy (non-hydrogen) atoms. The van der Waals surface area contributed by atoms with Crippen LogP contribution in [0.5, 0.6) is 0 Å². The molecule has 0 unspecified atom stereocenters. The molecule has 0 atom stereocenters. The molecule has 0 bridgehead atoms. The summed E-state index contributed by atoms with van der Waals surface area (Å²) in [5.74, 6) is 0.961. The first-order valence-electron chi connectivity index (χ1n) is 6.60. The van der Waals surface area contributed by atoms with Crippen molar-refractivity contribution in [2.75, 3.05) is 32.7 Å². The molecule has 2 amide bonds. The molecule has 2 aliphatic rings. The van der Waals surface area contributed by atoms with Gasteiger partial charge in [0.25, 0.3) is 0 Å². The van der Waals surface area contributed by atoms with Gasteiger partial charge in [0, 0.05) is 26.2 Å². The smallest absolute Gasteiger partial charge is 0.317 e. The number of hydrogen-bond acceptors (Lipinski definition) is 2. The first-order chi connectivity index (χ1) is 7.86. The van der Waals surface area contributed by atoms with Crippen LogP contribution in [0.4, 0.5) is 4.79 Å². The van der Waals surface area contributed by atoms with Gasteiger partial charge in [-0.25, -0.2) is 4.79 Å². The number of carbonyl (C=O) groups excluding carboxylic acids is 1. The minimum absolute atomic E-state index is 0.0950. The number of carbonyl (C=O) groups is 1. The second kappa shape index (κ2) is 6.09. The fourth-order valence-electron chi connectivity index (χ4n) is 2.67. The summed E-state index contributed by atoms with van der Waals surface area (Å²) < 4.78 is 0. The lowest BCUT2D eigenvalue weighted by atomic mass is 10.0. The summed E-state index contributed by atoms with van der Waals surface area (Å²) in [6.07, 6.45) is 7.02. The highest BCUT2D eigenvalue weighted by Crippen LogP contribution is 2.26. The maximum Gasteiger partial charge on any atom is 0.317 e. The van der Waals surface area contributed by atoms with Crippen LogP contribution >= 0.6 is 0 Å². The van der Waals surface area contributed by atoms with Gasteiger partial charge in [-0.1, -0.05) is 25.7 Å². The molecule has 2 fully saturated rings. The predicted molar refractivity (Wildman–Crippen MR) is 64.4 cm³/mol. The monoisotopic (exact) mass is 225 g/mol. The molecule has 0 aromatic heterocycles. The van der Waals surface area contributed by atoms with E-state index in [1.807, 2.05) is 4.90 Å². The molecule has 0 aromatic carbocycles. The van der Waals surface area contributed by atoms with Crippen molar-refractivity contribution in [3.63, 3.8) is 0 Å². The van der Waals surface area contributed by atoms with Gasteiger partial charge in [0.1, 0.15) is 0 Å². The van der Waals surface area contributed by atoms with Crippen molar-refractivity contribution < 1.29 is 4.79 Å². The maximum atomic E-state index is 11.2. The molecule has 1 aliphatic heterocycles. The minimum atomic E-state index is 0.0950. The average molecular weight is 225 g/mol. The number of urea groups is 1. The summed E-state index contributed by atoms with van der Waals surface area (Å²) in [6.45, 7) is 4.56. The lowest BCUT2D eigenvalue weighted by Gasteiger charge is -2.15. The van der Waals surface area contributed by atoms with E-state index >= 15 is 0 Å². The van der Waals surface area contributed by atoms with E-state index in [0.29, 0.717) is 0 Å². The van der Waals surface area contributed by atoms with Crippen molar-refractivity contribution >= 4 is 6.03 Å². The van der Waals surface area contributed by atoms with Crippen LogP contribution in [0.15, 0.2) is 0 Å². The van der Waals surface area contributed by atoms with Crippen LogP contribution in [-0.4, -0.2) is 43.7 Å². The van der Waals surface area contributed by atoms with E-state index in [9.17, 15) is 4.79 Å². The third-order valence-corrected chi connectivity index (χ3v) is 3.71. The van der Waals surface area contributed by atoms with Crippen molar-refractivity contribution in [2.24, 2.45) is 5.92 Å². The first kappa shape index (κ1) is 11.7. The van der Waals surface area contributed by atoms with Gasteiger partial charge in [-0.15, -0.1) is 0 Å². The molecular formula is C12H23N3O. The van der Waals surface area contributed by atoms with Gasteiger partial charge in [-0.3, -0.25) is 0 Å². The van der Waals surface area contributed by atoms with Crippen molar-refractivity contribution in [3.05, 3.63) is 0 Å². The topological polar surface area (TPSA) is 44.4 Å². The van der Waals surface area contributed by atoms with Crippen molar-refractivity contribution in [1.29, 1.82) is 0 Å². The Balaban J connectivity index is 1.47. The second-order valence-corrected chi connectivity index (χ2v) is 4.91. The highest BCUT2D eigenvalue weighted by Gasteiger charge is 2.18. The average Bonchev–Trinajstić information content (AvgIpc) is 2.90. The Morgan fingerprint density at radius 1 is 1.31 bits per heavy atom. The molecule has 4 nitrogen and oxygen atoms in total. The quantitative estimate of drug-likeness (QED) is 0.667. The third-order valence-electron chi connectivity index (χ3n) is 3.71. The molecule has 2 N–H and O–H groups in total. The zero-order chi connectivity index (χ0) is 11.2. The zero-order valence-electron chi connectivity index (χ0n) is 10.0. The fraction of sp³-hybridized carbons (Fsp3) is 0.917. The Bertz CT molecular complexity index is 226. The summed E-state index contributed by atoms with van der Waals surface area (Å²) in [5, 5.41) is 6.25. The van der Waals surface area contributed by atoms with Gasteiger partial charge >= 0.3 is 6.03 Å². The van der Waals surface area contributed by atoms with Gasteiger partial charge in [0.05, 0.1) is 0 Å². The number of nitrogens with one attached hydrogen (secondary N) is 2. The van der Waals surface area contributed by atoms with Crippen LogP contribution in [0.25, 0.3) is 0 Å². The Morgan fingerprint density at radius 3 is 2.81 bits per heavy atom. The summed E-state index contributed by atoms with van der Waals surface area (Å²) in [5.41, 5.74) is 0. The summed E-state index contributed by atoms with van der Waals surface area (Å²) in [7, 11) is 0. The molecule has 1 saturated heterocycles. The molecule has 2 rings (SSSR count). The Hall–Kier alpha value is -0.770. The van der Waals surface area contributed by atoms with E-state index in [0.717, 1.165) is 38.6 Å². The second-order valence-electron chi connectivity index (χ2n) is 4.91. The fourth-order valence-corrected chi connectivity index (χ4v) is 2.67. The SMILES string of the molecule is O=C1NCCN1CCNCCC1CCCC1. The third kappa shape index (κ3) is 3.37. The molecule has 1 aliphatic carbocycles. The zero-order valence-corrected chi connectivity index (χ0v) is 10.0. The number of hydrogen-bond donors (Lipinski definition) is 2. The van der Waals surface area contributed by atoms with E-state index in [1.165, 1.54) is 32.1 Å². The number of rotatable bonds is 6. The maximum absolute atomic E-state index is 11.2.